The van der Waals surface area contributed by atoms with Crippen molar-refractivity contribution in [1.29, 1.82) is 0 Å². The van der Waals surface area contributed by atoms with Crippen LogP contribution in [0.25, 0.3) is 0 Å². The molecule has 0 spiro atoms. The lowest BCUT2D eigenvalue weighted by atomic mass is 10.1. The summed E-state index contributed by atoms with van der Waals surface area (Å²) in [6.45, 7) is 4.11. The van der Waals surface area contributed by atoms with Crippen molar-refractivity contribution in [2.75, 3.05) is 25.4 Å². The second-order valence-electron chi connectivity index (χ2n) is 4.94. The van der Waals surface area contributed by atoms with E-state index < -0.39 is 10.0 Å². The summed E-state index contributed by atoms with van der Waals surface area (Å²) in [5.41, 5.74) is 0.917. The van der Waals surface area contributed by atoms with E-state index in [1.165, 1.54) is 0 Å². The Bertz CT molecular complexity index is 531. The maximum Gasteiger partial charge on any atom is 0.212 e. The van der Waals surface area contributed by atoms with Gasteiger partial charge in [0.25, 0.3) is 0 Å². The van der Waals surface area contributed by atoms with Crippen molar-refractivity contribution in [1.82, 2.24) is 10.0 Å². The van der Waals surface area contributed by atoms with Gasteiger partial charge in [-0.15, -0.1) is 0 Å². The molecule has 2 N–H and O–H groups in total. The summed E-state index contributed by atoms with van der Waals surface area (Å²) in [7, 11) is -3.26. The minimum Gasteiger partial charge on any atom is -0.491 e. The Kier molecular flexibility index (Phi) is 5.39. The molecule has 0 fully saturated rings. The third-order valence-electron chi connectivity index (χ3n) is 3.22. The van der Waals surface area contributed by atoms with Crippen LogP contribution in [0.4, 0.5) is 0 Å². The molecule has 1 aliphatic heterocycles. The van der Waals surface area contributed by atoms with Crippen LogP contribution in [0.15, 0.2) is 24.3 Å². The highest BCUT2D eigenvalue weighted by Gasteiger charge is 2.27. The molecule has 0 saturated carbocycles. The zero-order valence-electron chi connectivity index (χ0n) is 11.8. The van der Waals surface area contributed by atoms with Crippen LogP contribution in [0, 0.1) is 0 Å². The van der Waals surface area contributed by atoms with Crippen LogP contribution >= 0.6 is 0 Å². The van der Waals surface area contributed by atoms with E-state index in [0.717, 1.165) is 30.8 Å². The van der Waals surface area contributed by atoms with E-state index in [4.69, 9.17) is 4.74 Å². The van der Waals surface area contributed by atoms with Crippen LogP contribution in [-0.4, -0.2) is 33.9 Å². The maximum absolute atomic E-state index is 12.0. The van der Waals surface area contributed by atoms with Gasteiger partial charge in [-0.3, -0.25) is 0 Å². The van der Waals surface area contributed by atoms with Gasteiger partial charge in [0, 0.05) is 5.56 Å². The van der Waals surface area contributed by atoms with Gasteiger partial charge in [-0.05, 0) is 32.0 Å². The number of hydrogen-bond acceptors (Lipinski definition) is 4. The SMILES string of the molecule is CCCNCCCS(=O)(=O)NC1COc2ccccc21. The molecule has 0 amide bonds. The molecule has 1 atom stereocenters. The second kappa shape index (κ2) is 7.06. The molecule has 1 aliphatic rings. The molecular formula is C14H22N2O3S. The van der Waals surface area contributed by atoms with Crippen LogP contribution in [0.5, 0.6) is 5.75 Å². The fourth-order valence-electron chi connectivity index (χ4n) is 2.22. The van der Waals surface area contributed by atoms with E-state index in [9.17, 15) is 8.42 Å². The van der Waals surface area contributed by atoms with Gasteiger partial charge in [0.1, 0.15) is 12.4 Å². The topological polar surface area (TPSA) is 67.4 Å². The summed E-state index contributed by atoms with van der Waals surface area (Å²) < 4.78 is 32.3. The minimum atomic E-state index is -3.26. The predicted molar refractivity (Wildman–Crippen MR) is 79.4 cm³/mol. The first-order valence-electron chi connectivity index (χ1n) is 7.05. The summed E-state index contributed by atoms with van der Waals surface area (Å²) in [4.78, 5) is 0. The van der Waals surface area contributed by atoms with E-state index in [1.54, 1.807) is 0 Å². The van der Waals surface area contributed by atoms with Crippen molar-refractivity contribution >= 4 is 10.0 Å². The smallest absolute Gasteiger partial charge is 0.212 e. The van der Waals surface area contributed by atoms with Crippen molar-refractivity contribution in [2.24, 2.45) is 0 Å². The highest BCUT2D eigenvalue weighted by molar-refractivity contribution is 7.89. The molecule has 2 rings (SSSR count). The number of hydrogen-bond donors (Lipinski definition) is 2. The highest BCUT2D eigenvalue weighted by atomic mass is 32.2. The van der Waals surface area contributed by atoms with Gasteiger partial charge >= 0.3 is 0 Å². The summed E-state index contributed by atoms with van der Waals surface area (Å²) in [5, 5.41) is 3.20. The van der Waals surface area contributed by atoms with Gasteiger partial charge < -0.3 is 10.1 Å². The van der Waals surface area contributed by atoms with E-state index in [1.807, 2.05) is 24.3 Å². The van der Waals surface area contributed by atoms with Crippen LogP contribution in [0.1, 0.15) is 31.4 Å². The fraction of sp³-hybridized carbons (Fsp3) is 0.571. The number of sulfonamides is 1. The van der Waals surface area contributed by atoms with Crippen LogP contribution < -0.4 is 14.8 Å². The Labute approximate surface area is 120 Å². The number of ether oxygens (including phenoxy) is 1. The van der Waals surface area contributed by atoms with Crippen molar-refractivity contribution in [3.05, 3.63) is 29.8 Å². The molecule has 0 aromatic heterocycles. The molecule has 1 heterocycles. The molecule has 0 radical (unpaired) electrons. The van der Waals surface area contributed by atoms with E-state index >= 15 is 0 Å². The quantitative estimate of drug-likeness (QED) is 0.713. The lowest BCUT2D eigenvalue weighted by Gasteiger charge is -2.12. The molecule has 1 aromatic carbocycles. The molecule has 112 valence electrons. The summed E-state index contributed by atoms with van der Waals surface area (Å²) in [5.74, 6) is 0.910. The number of benzene rings is 1. The molecule has 5 nitrogen and oxygen atoms in total. The molecule has 1 aromatic rings. The van der Waals surface area contributed by atoms with Crippen molar-refractivity contribution < 1.29 is 13.2 Å². The van der Waals surface area contributed by atoms with Gasteiger partial charge in [0.05, 0.1) is 11.8 Å². The van der Waals surface area contributed by atoms with Crippen LogP contribution in [0.2, 0.25) is 0 Å². The first-order valence-corrected chi connectivity index (χ1v) is 8.70. The Morgan fingerprint density at radius 3 is 2.90 bits per heavy atom. The Morgan fingerprint density at radius 2 is 2.10 bits per heavy atom. The van der Waals surface area contributed by atoms with E-state index in [-0.39, 0.29) is 11.8 Å². The predicted octanol–water partition coefficient (Wildman–Crippen LogP) is 1.43. The molecule has 0 aliphatic carbocycles. The minimum absolute atomic E-state index is 0.141. The van der Waals surface area contributed by atoms with Crippen molar-refractivity contribution in [3.8, 4) is 5.75 Å². The van der Waals surface area contributed by atoms with Crippen molar-refractivity contribution in [2.45, 2.75) is 25.8 Å². The standard InChI is InChI=1S/C14H22N2O3S/c1-2-8-15-9-5-10-20(17,18)16-13-11-19-14-7-4-3-6-12(13)14/h3-4,6-7,13,15-16H,2,5,8-11H2,1H3. The molecule has 20 heavy (non-hydrogen) atoms. The van der Waals surface area contributed by atoms with Gasteiger partial charge in [-0.2, -0.15) is 0 Å². The Morgan fingerprint density at radius 1 is 1.30 bits per heavy atom. The highest BCUT2D eigenvalue weighted by Crippen LogP contribution is 2.31. The normalized spacial score (nSPS) is 17.8. The van der Waals surface area contributed by atoms with E-state index in [2.05, 4.69) is 17.0 Å². The number of fused-ring (bicyclic) bond motifs is 1. The maximum atomic E-state index is 12.0. The second-order valence-corrected chi connectivity index (χ2v) is 6.82. The first kappa shape index (κ1) is 15.3. The zero-order valence-corrected chi connectivity index (χ0v) is 12.6. The monoisotopic (exact) mass is 298 g/mol. The fourth-order valence-corrected chi connectivity index (χ4v) is 3.50. The first-order chi connectivity index (χ1) is 9.62. The molecule has 0 bridgehead atoms. The Balaban J connectivity index is 1.84. The molecular weight excluding hydrogens is 276 g/mol. The lowest BCUT2D eigenvalue weighted by molar-refractivity contribution is 0.325. The summed E-state index contributed by atoms with van der Waals surface area (Å²) in [6.07, 6.45) is 1.67. The molecule has 1 unspecified atom stereocenters. The third-order valence-corrected chi connectivity index (χ3v) is 4.68. The summed E-state index contributed by atoms with van der Waals surface area (Å²) in [6, 6.07) is 7.27. The van der Waals surface area contributed by atoms with Gasteiger partial charge in [0.15, 0.2) is 0 Å². The number of rotatable bonds is 8. The number of nitrogens with one attached hydrogen (secondary N) is 2. The van der Waals surface area contributed by atoms with Gasteiger partial charge in [0.2, 0.25) is 10.0 Å². The lowest BCUT2D eigenvalue weighted by Crippen LogP contribution is -2.32. The van der Waals surface area contributed by atoms with Crippen LogP contribution in [-0.2, 0) is 10.0 Å². The van der Waals surface area contributed by atoms with E-state index in [0.29, 0.717) is 13.0 Å². The number of para-hydroxylation sites is 1. The van der Waals surface area contributed by atoms with Gasteiger partial charge in [-0.1, -0.05) is 25.1 Å². The summed E-state index contributed by atoms with van der Waals surface area (Å²) >= 11 is 0. The van der Waals surface area contributed by atoms with Gasteiger partial charge in [-0.25, -0.2) is 13.1 Å². The van der Waals surface area contributed by atoms with Crippen molar-refractivity contribution in [3.63, 3.8) is 0 Å². The largest absolute Gasteiger partial charge is 0.491 e. The molecule has 0 saturated heterocycles. The van der Waals surface area contributed by atoms with Crippen LogP contribution in [0.3, 0.4) is 0 Å². The Hall–Kier alpha value is -1.11. The average Bonchev–Trinajstić information content (AvgIpc) is 2.81. The zero-order chi connectivity index (χ0) is 14.4. The third kappa shape index (κ3) is 4.19. The molecule has 6 heteroatoms. The average molecular weight is 298 g/mol.